The first-order chi connectivity index (χ1) is 14.7. The maximum atomic E-state index is 13.5. The molecule has 0 fully saturated rings. The number of hydrogen-bond acceptors (Lipinski definition) is 4. The molecule has 0 bridgehead atoms. The maximum Gasteiger partial charge on any atom is 0.416 e. The third-order valence-corrected chi connectivity index (χ3v) is 4.86. The van der Waals surface area contributed by atoms with Crippen molar-refractivity contribution in [3.63, 3.8) is 0 Å². The highest BCUT2D eigenvalue weighted by molar-refractivity contribution is 6.20. The van der Waals surface area contributed by atoms with Gasteiger partial charge in [0.15, 0.2) is 11.5 Å². The first kappa shape index (κ1) is 20.4. The van der Waals surface area contributed by atoms with Crippen LogP contribution in [0.4, 0.5) is 23.2 Å². The second-order valence-corrected chi connectivity index (χ2v) is 6.74. The first-order valence-corrected chi connectivity index (χ1v) is 8.96. The van der Waals surface area contributed by atoms with Crippen molar-refractivity contribution < 1.29 is 36.7 Å². The second-order valence-electron chi connectivity index (χ2n) is 6.74. The van der Waals surface area contributed by atoms with Crippen LogP contribution in [0.2, 0.25) is 0 Å². The first-order valence-electron chi connectivity index (χ1n) is 8.96. The van der Waals surface area contributed by atoms with Crippen molar-refractivity contribution in [1.82, 2.24) is 0 Å². The summed E-state index contributed by atoms with van der Waals surface area (Å²) >= 11 is 0. The van der Waals surface area contributed by atoms with Crippen molar-refractivity contribution >= 4 is 17.4 Å². The van der Waals surface area contributed by atoms with E-state index in [0.29, 0.717) is 0 Å². The number of aliphatic hydroxyl groups is 1. The number of furan rings is 1. The summed E-state index contributed by atoms with van der Waals surface area (Å²) in [5, 5.41) is 10.5. The van der Waals surface area contributed by atoms with E-state index in [2.05, 4.69) is 0 Å². The highest BCUT2D eigenvalue weighted by Crippen LogP contribution is 2.42. The number of rotatable bonds is 4. The standard InChI is InChI=1S/C22H13F4NO4/c23-14-7-3-12(4-8-14)18-17(19(28)16-2-1-11-31-16)20(29)21(30)27(18)15-9-5-13(6-10-15)22(24,25)26/h1-11,18,29H. The van der Waals surface area contributed by atoms with Crippen molar-refractivity contribution in [2.45, 2.75) is 12.2 Å². The molecule has 1 unspecified atom stereocenters. The number of anilines is 1. The molecule has 0 radical (unpaired) electrons. The van der Waals surface area contributed by atoms with Gasteiger partial charge in [0, 0.05) is 5.69 Å². The molecule has 1 aliphatic rings. The fourth-order valence-corrected chi connectivity index (χ4v) is 3.42. The molecule has 2 aromatic carbocycles. The number of ketones is 1. The normalized spacial score (nSPS) is 16.8. The molecule has 4 rings (SSSR count). The Morgan fingerprint density at radius 2 is 1.65 bits per heavy atom. The number of alkyl halides is 3. The van der Waals surface area contributed by atoms with Gasteiger partial charge in [-0.1, -0.05) is 12.1 Å². The number of carbonyl (C=O) groups excluding carboxylic acids is 2. The van der Waals surface area contributed by atoms with E-state index in [1.54, 1.807) is 0 Å². The lowest BCUT2D eigenvalue weighted by atomic mass is 9.94. The smallest absolute Gasteiger partial charge is 0.416 e. The molecule has 5 nitrogen and oxygen atoms in total. The van der Waals surface area contributed by atoms with Gasteiger partial charge >= 0.3 is 6.18 Å². The van der Waals surface area contributed by atoms with Gasteiger partial charge in [-0.3, -0.25) is 14.5 Å². The summed E-state index contributed by atoms with van der Waals surface area (Å²) < 4.78 is 57.3. The lowest BCUT2D eigenvalue weighted by Gasteiger charge is -2.27. The Bertz CT molecular complexity index is 1160. The molecule has 3 aromatic rings. The Kier molecular flexibility index (Phi) is 4.88. The van der Waals surface area contributed by atoms with E-state index >= 15 is 0 Å². The largest absolute Gasteiger partial charge is 0.503 e. The minimum Gasteiger partial charge on any atom is -0.503 e. The van der Waals surface area contributed by atoms with E-state index in [1.165, 1.54) is 30.5 Å². The molecule has 9 heteroatoms. The summed E-state index contributed by atoms with van der Waals surface area (Å²) in [6, 6.07) is 10.1. The topological polar surface area (TPSA) is 70.8 Å². The number of amides is 1. The molecule has 1 aromatic heterocycles. The third-order valence-electron chi connectivity index (χ3n) is 4.86. The number of halogens is 4. The summed E-state index contributed by atoms with van der Waals surface area (Å²) in [5.41, 5.74) is -0.966. The lowest BCUT2D eigenvalue weighted by molar-refractivity contribution is -0.137. The fourth-order valence-electron chi connectivity index (χ4n) is 3.42. The molecule has 1 aliphatic heterocycles. The maximum absolute atomic E-state index is 13.5. The second kappa shape index (κ2) is 7.42. The molecule has 0 aliphatic carbocycles. The van der Waals surface area contributed by atoms with E-state index in [0.717, 1.165) is 41.3 Å². The number of hydrogen-bond donors (Lipinski definition) is 1. The predicted molar refractivity (Wildman–Crippen MR) is 101 cm³/mol. The van der Waals surface area contributed by atoms with Crippen LogP contribution in [0.15, 0.2) is 82.7 Å². The Morgan fingerprint density at radius 1 is 1.00 bits per heavy atom. The summed E-state index contributed by atoms with van der Waals surface area (Å²) in [7, 11) is 0. The Labute approximate surface area is 172 Å². The SMILES string of the molecule is O=C(C1=C(O)C(=O)N(c2ccc(C(F)(F)F)cc2)C1c1ccc(F)cc1)c1ccco1. The Morgan fingerprint density at radius 3 is 2.19 bits per heavy atom. The van der Waals surface area contributed by atoms with Crippen LogP contribution in [0.25, 0.3) is 0 Å². The quantitative estimate of drug-likeness (QED) is 0.454. The summed E-state index contributed by atoms with van der Waals surface area (Å²) in [6.45, 7) is 0. The van der Waals surface area contributed by atoms with Gasteiger partial charge in [-0.05, 0) is 54.1 Å². The summed E-state index contributed by atoms with van der Waals surface area (Å²) in [4.78, 5) is 26.8. The monoisotopic (exact) mass is 431 g/mol. The number of nitrogens with zero attached hydrogens (tertiary/aromatic N) is 1. The van der Waals surface area contributed by atoms with Gasteiger partial charge in [-0.15, -0.1) is 0 Å². The molecule has 0 spiro atoms. The fraction of sp³-hybridized carbons (Fsp3) is 0.0909. The zero-order valence-electron chi connectivity index (χ0n) is 15.6. The summed E-state index contributed by atoms with van der Waals surface area (Å²) in [5.74, 6) is -3.34. The average Bonchev–Trinajstić information content (AvgIpc) is 3.35. The molecule has 1 atom stereocenters. The minimum absolute atomic E-state index is 0.0149. The highest BCUT2D eigenvalue weighted by Gasteiger charge is 2.45. The van der Waals surface area contributed by atoms with Crippen LogP contribution in [0.1, 0.15) is 27.7 Å². The molecule has 1 N–H and O–H groups in total. The van der Waals surface area contributed by atoms with E-state index < -0.39 is 41.0 Å². The van der Waals surface area contributed by atoms with E-state index in [1.807, 2.05) is 0 Å². The number of benzene rings is 2. The minimum atomic E-state index is -4.58. The molecular weight excluding hydrogens is 418 g/mol. The molecule has 158 valence electrons. The predicted octanol–water partition coefficient (Wildman–Crippen LogP) is 5.22. The van der Waals surface area contributed by atoms with Crippen molar-refractivity contribution in [1.29, 1.82) is 0 Å². The molecule has 0 saturated carbocycles. The molecular formula is C22H13F4NO4. The number of carbonyl (C=O) groups is 2. The summed E-state index contributed by atoms with van der Waals surface area (Å²) in [6.07, 6.45) is -3.34. The van der Waals surface area contributed by atoms with Gasteiger partial charge in [0.05, 0.1) is 23.4 Å². The Balaban J connectivity index is 1.84. The Hall–Kier alpha value is -3.88. The van der Waals surface area contributed by atoms with Crippen LogP contribution in [0, 0.1) is 5.82 Å². The van der Waals surface area contributed by atoms with Crippen molar-refractivity contribution in [2.75, 3.05) is 4.90 Å². The zero-order valence-corrected chi connectivity index (χ0v) is 15.6. The van der Waals surface area contributed by atoms with Gasteiger partial charge in [0.2, 0.25) is 5.78 Å². The van der Waals surface area contributed by atoms with Crippen LogP contribution < -0.4 is 4.90 Å². The van der Waals surface area contributed by atoms with Crippen molar-refractivity contribution in [2.24, 2.45) is 0 Å². The van der Waals surface area contributed by atoms with Crippen molar-refractivity contribution in [3.05, 3.63) is 101 Å². The molecule has 0 saturated heterocycles. The number of Topliss-reactive ketones (excluding diaryl/α,β-unsaturated/α-hetero) is 1. The van der Waals surface area contributed by atoms with E-state index in [-0.39, 0.29) is 22.6 Å². The van der Waals surface area contributed by atoms with E-state index in [4.69, 9.17) is 4.42 Å². The van der Waals surface area contributed by atoms with Gasteiger partial charge in [-0.25, -0.2) is 4.39 Å². The average molecular weight is 431 g/mol. The van der Waals surface area contributed by atoms with Gasteiger partial charge in [-0.2, -0.15) is 13.2 Å². The van der Waals surface area contributed by atoms with Crippen LogP contribution in [0.5, 0.6) is 0 Å². The molecule has 1 amide bonds. The van der Waals surface area contributed by atoms with Crippen LogP contribution in [-0.4, -0.2) is 16.8 Å². The van der Waals surface area contributed by atoms with Crippen LogP contribution in [0.3, 0.4) is 0 Å². The lowest BCUT2D eigenvalue weighted by Crippen LogP contribution is -2.31. The van der Waals surface area contributed by atoms with Gasteiger partial charge < -0.3 is 9.52 Å². The zero-order chi connectivity index (χ0) is 22.3. The number of aliphatic hydroxyl groups excluding tert-OH is 1. The molecule has 31 heavy (non-hydrogen) atoms. The van der Waals surface area contributed by atoms with Crippen LogP contribution in [-0.2, 0) is 11.0 Å². The van der Waals surface area contributed by atoms with Crippen LogP contribution >= 0.6 is 0 Å². The van der Waals surface area contributed by atoms with Crippen molar-refractivity contribution in [3.8, 4) is 0 Å². The molecule has 2 heterocycles. The third kappa shape index (κ3) is 3.58. The van der Waals surface area contributed by atoms with Gasteiger partial charge in [0.25, 0.3) is 5.91 Å². The van der Waals surface area contributed by atoms with Gasteiger partial charge in [0.1, 0.15) is 5.82 Å². The highest BCUT2D eigenvalue weighted by atomic mass is 19.4. The van der Waals surface area contributed by atoms with E-state index in [9.17, 15) is 32.3 Å².